The van der Waals surface area contributed by atoms with Crippen LogP contribution in [0.15, 0.2) is 45.9 Å². The van der Waals surface area contributed by atoms with Crippen LogP contribution in [0.1, 0.15) is 23.6 Å². The zero-order valence-electron chi connectivity index (χ0n) is 13.1. The number of aliphatic imine (C=N–C) groups is 1. The number of hydrogen-bond donors (Lipinski definition) is 0. The topological polar surface area (TPSA) is 15.6 Å². The van der Waals surface area contributed by atoms with Crippen LogP contribution in [-0.4, -0.2) is 24.8 Å². The smallest absolute Gasteiger partial charge is 0.0909 e. The van der Waals surface area contributed by atoms with E-state index in [-0.39, 0.29) is 0 Å². The molecular weight excluding hydrogens is 360 g/mol. The van der Waals surface area contributed by atoms with E-state index in [1.54, 1.807) is 0 Å². The average Bonchev–Trinajstić information content (AvgIpc) is 2.48. The standard InChI is InChI=1S/C18H20BrClN2/c1-4-22(3)12-21-18-11-17(20)10-15(13(18)2)8-14-6-5-7-16(19)9-14/h5-7,9-12H,4,8H2,1-3H3. The van der Waals surface area contributed by atoms with Gasteiger partial charge in [0, 0.05) is 23.1 Å². The molecule has 0 aliphatic heterocycles. The maximum atomic E-state index is 6.27. The van der Waals surface area contributed by atoms with E-state index in [0.29, 0.717) is 0 Å². The van der Waals surface area contributed by atoms with Gasteiger partial charge in [0.1, 0.15) is 0 Å². The number of nitrogens with zero attached hydrogens (tertiary/aromatic N) is 2. The van der Waals surface area contributed by atoms with Crippen molar-refractivity contribution >= 4 is 39.6 Å². The fourth-order valence-corrected chi connectivity index (χ4v) is 2.83. The van der Waals surface area contributed by atoms with Gasteiger partial charge >= 0.3 is 0 Å². The summed E-state index contributed by atoms with van der Waals surface area (Å²) < 4.78 is 1.09. The summed E-state index contributed by atoms with van der Waals surface area (Å²) >= 11 is 9.79. The molecule has 0 aliphatic rings. The SMILES string of the molecule is CCN(C)C=Nc1cc(Cl)cc(Cc2cccc(Br)c2)c1C. The molecule has 116 valence electrons. The maximum Gasteiger partial charge on any atom is 0.0909 e. The second kappa shape index (κ2) is 7.80. The van der Waals surface area contributed by atoms with Gasteiger partial charge in [0.15, 0.2) is 0 Å². The zero-order chi connectivity index (χ0) is 16.1. The van der Waals surface area contributed by atoms with Crippen LogP contribution >= 0.6 is 27.5 Å². The van der Waals surface area contributed by atoms with Gasteiger partial charge in [-0.3, -0.25) is 0 Å². The second-order valence-electron chi connectivity index (χ2n) is 5.33. The van der Waals surface area contributed by atoms with Crippen LogP contribution < -0.4 is 0 Å². The molecule has 0 aliphatic carbocycles. The molecule has 0 bridgehead atoms. The normalized spacial score (nSPS) is 11.1. The van der Waals surface area contributed by atoms with Crippen LogP contribution in [-0.2, 0) is 6.42 Å². The third-order valence-electron chi connectivity index (χ3n) is 3.63. The molecule has 0 saturated carbocycles. The summed E-state index contributed by atoms with van der Waals surface area (Å²) in [5.74, 6) is 0. The van der Waals surface area contributed by atoms with Gasteiger partial charge in [-0.15, -0.1) is 0 Å². The summed E-state index contributed by atoms with van der Waals surface area (Å²) in [7, 11) is 2.01. The minimum atomic E-state index is 0.724. The monoisotopic (exact) mass is 378 g/mol. The molecule has 0 fully saturated rings. The average molecular weight is 380 g/mol. The summed E-state index contributed by atoms with van der Waals surface area (Å²) in [4.78, 5) is 6.60. The molecule has 0 atom stereocenters. The van der Waals surface area contributed by atoms with Gasteiger partial charge in [-0.2, -0.15) is 0 Å². The van der Waals surface area contributed by atoms with Gasteiger partial charge in [0.25, 0.3) is 0 Å². The number of halogens is 2. The quantitative estimate of drug-likeness (QED) is 0.487. The number of hydrogen-bond acceptors (Lipinski definition) is 1. The third-order valence-corrected chi connectivity index (χ3v) is 4.34. The van der Waals surface area contributed by atoms with Crippen LogP contribution in [0.25, 0.3) is 0 Å². The molecule has 0 saturated heterocycles. The van der Waals surface area contributed by atoms with Crippen molar-refractivity contribution in [1.29, 1.82) is 0 Å². The highest BCUT2D eigenvalue weighted by molar-refractivity contribution is 9.10. The molecule has 2 aromatic rings. The Kier molecular flexibility index (Phi) is 6.04. The highest BCUT2D eigenvalue weighted by atomic mass is 79.9. The largest absolute Gasteiger partial charge is 0.366 e. The van der Waals surface area contributed by atoms with Crippen molar-refractivity contribution in [3.05, 3.63) is 62.6 Å². The van der Waals surface area contributed by atoms with E-state index in [2.05, 4.69) is 53.0 Å². The lowest BCUT2D eigenvalue weighted by atomic mass is 9.99. The Balaban J connectivity index is 2.32. The molecule has 22 heavy (non-hydrogen) atoms. The van der Waals surface area contributed by atoms with Crippen LogP contribution in [0.4, 0.5) is 5.69 Å². The first-order chi connectivity index (χ1) is 10.5. The minimum Gasteiger partial charge on any atom is -0.366 e. The third kappa shape index (κ3) is 4.59. The van der Waals surface area contributed by atoms with E-state index < -0.39 is 0 Å². The molecule has 0 heterocycles. The molecule has 0 spiro atoms. The highest BCUT2D eigenvalue weighted by Gasteiger charge is 2.07. The van der Waals surface area contributed by atoms with Crippen molar-refractivity contribution in [2.75, 3.05) is 13.6 Å². The van der Waals surface area contributed by atoms with E-state index in [9.17, 15) is 0 Å². The number of benzene rings is 2. The van der Waals surface area contributed by atoms with E-state index in [1.807, 2.05) is 36.5 Å². The number of rotatable bonds is 5. The first kappa shape index (κ1) is 17.0. The molecule has 0 radical (unpaired) electrons. The molecular formula is C18H20BrClN2. The van der Waals surface area contributed by atoms with Gasteiger partial charge in [0.2, 0.25) is 0 Å². The highest BCUT2D eigenvalue weighted by Crippen LogP contribution is 2.29. The van der Waals surface area contributed by atoms with Crippen LogP contribution in [0, 0.1) is 6.92 Å². The van der Waals surface area contributed by atoms with Gasteiger partial charge in [-0.1, -0.05) is 39.7 Å². The van der Waals surface area contributed by atoms with Crippen molar-refractivity contribution < 1.29 is 0 Å². The molecule has 4 heteroatoms. The van der Waals surface area contributed by atoms with E-state index in [4.69, 9.17) is 11.6 Å². The maximum absolute atomic E-state index is 6.27. The minimum absolute atomic E-state index is 0.724. The lowest BCUT2D eigenvalue weighted by molar-refractivity contribution is 0.552. The van der Waals surface area contributed by atoms with Crippen molar-refractivity contribution in [2.24, 2.45) is 4.99 Å². The lowest BCUT2D eigenvalue weighted by Crippen LogP contribution is -2.14. The lowest BCUT2D eigenvalue weighted by Gasteiger charge is -2.12. The zero-order valence-corrected chi connectivity index (χ0v) is 15.4. The Labute approximate surface area is 146 Å². The van der Waals surface area contributed by atoms with Gasteiger partial charge in [0.05, 0.1) is 12.0 Å². The van der Waals surface area contributed by atoms with E-state index >= 15 is 0 Å². The summed E-state index contributed by atoms with van der Waals surface area (Å²) in [6, 6.07) is 12.3. The van der Waals surface area contributed by atoms with Crippen LogP contribution in [0.3, 0.4) is 0 Å². The molecule has 0 N–H and O–H groups in total. The summed E-state index contributed by atoms with van der Waals surface area (Å²) in [5.41, 5.74) is 4.56. The predicted octanol–water partition coefficient (Wildman–Crippen LogP) is 5.61. The molecule has 2 aromatic carbocycles. The van der Waals surface area contributed by atoms with Gasteiger partial charge in [-0.25, -0.2) is 4.99 Å². The fourth-order valence-electron chi connectivity index (χ4n) is 2.15. The molecule has 2 rings (SSSR count). The molecule has 0 amide bonds. The Morgan fingerprint density at radius 3 is 2.73 bits per heavy atom. The summed E-state index contributed by atoms with van der Waals surface area (Å²) in [6.45, 7) is 5.12. The molecule has 0 unspecified atom stereocenters. The van der Waals surface area contributed by atoms with Gasteiger partial charge in [-0.05, 0) is 61.2 Å². The van der Waals surface area contributed by atoms with Gasteiger partial charge < -0.3 is 4.90 Å². The second-order valence-corrected chi connectivity index (χ2v) is 6.69. The Hall–Kier alpha value is -1.32. The molecule has 0 aromatic heterocycles. The van der Waals surface area contributed by atoms with Crippen molar-refractivity contribution in [1.82, 2.24) is 4.90 Å². The first-order valence-electron chi connectivity index (χ1n) is 7.27. The van der Waals surface area contributed by atoms with E-state index in [0.717, 1.165) is 28.1 Å². The summed E-state index contributed by atoms with van der Waals surface area (Å²) in [6.07, 6.45) is 2.69. The van der Waals surface area contributed by atoms with Crippen molar-refractivity contribution in [3.8, 4) is 0 Å². The van der Waals surface area contributed by atoms with Crippen molar-refractivity contribution in [3.63, 3.8) is 0 Å². The predicted molar refractivity (Wildman–Crippen MR) is 99.6 cm³/mol. The Bertz CT molecular complexity index is 683. The summed E-state index contributed by atoms with van der Waals surface area (Å²) in [5, 5.41) is 0.724. The van der Waals surface area contributed by atoms with E-state index in [1.165, 1.54) is 16.7 Å². The van der Waals surface area contributed by atoms with Crippen LogP contribution in [0.2, 0.25) is 5.02 Å². The first-order valence-corrected chi connectivity index (χ1v) is 8.44. The van der Waals surface area contributed by atoms with Crippen molar-refractivity contribution in [2.45, 2.75) is 20.3 Å². The molecule has 2 nitrogen and oxygen atoms in total. The Morgan fingerprint density at radius 1 is 1.27 bits per heavy atom. The fraction of sp³-hybridized carbons (Fsp3) is 0.278. The Morgan fingerprint density at radius 2 is 2.05 bits per heavy atom. The van der Waals surface area contributed by atoms with Crippen LogP contribution in [0.5, 0.6) is 0 Å².